The molecule has 0 unspecified atom stereocenters. The second-order valence-electron chi connectivity index (χ2n) is 8.20. The van der Waals surface area contributed by atoms with Gasteiger partial charge < -0.3 is 19.5 Å². The number of rotatable bonds is 10. The highest BCUT2D eigenvalue weighted by atomic mass is 32.2. The number of carbonyl (C=O) groups excluding carboxylic acids is 1. The minimum Gasteiger partial charge on any atom is -0.493 e. The van der Waals surface area contributed by atoms with Crippen molar-refractivity contribution in [2.45, 2.75) is 26.1 Å². The van der Waals surface area contributed by atoms with E-state index >= 15 is 0 Å². The Bertz CT molecular complexity index is 1090. The van der Waals surface area contributed by atoms with Crippen molar-refractivity contribution in [2.75, 3.05) is 51.1 Å². The number of ether oxygens (including phenoxy) is 3. The Kier molecular flexibility index (Phi) is 8.76. The van der Waals surface area contributed by atoms with E-state index in [0.29, 0.717) is 23.7 Å². The molecule has 2 aromatic rings. The number of amides is 1. The summed E-state index contributed by atoms with van der Waals surface area (Å²) in [6, 6.07) is 11.8. The largest absolute Gasteiger partial charge is 0.493 e. The van der Waals surface area contributed by atoms with E-state index in [9.17, 15) is 13.2 Å². The summed E-state index contributed by atoms with van der Waals surface area (Å²) in [5.41, 5.74) is 2.42. The summed E-state index contributed by atoms with van der Waals surface area (Å²) < 4.78 is 42.2. The summed E-state index contributed by atoms with van der Waals surface area (Å²) >= 11 is 0. The standard InChI is InChI=1S/C24H33N3O6S/c1-18(27(34(4,29)30)21-8-9-22(31-2)23(15-21)32-3)24(28)25-16-19-6-5-7-20(14-19)17-26-10-12-33-13-11-26/h5-9,14-15,18H,10-13,16-17H2,1-4H3,(H,25,28)/t18-/m0/s1. The van der Waals surface area contributed by atoms with Crippen LogP contribution in [0.3, 0.4) is 0 Å². The molecule has 1 atom stereocenters. The predicted octanol–water partition coefficient (Wildman–Crippen LogP) is 2.01. The molecular weight excluding hydrogens is 458 g/mol. The number of morpholine rings is 1. The van der Waals surface area contributed by atoms with E-state index in [0.717, 1.165) is 54.5 Å². The first-order chi connectivity index (χ1) is 16.2. The molecule has 1 heterocycles. The molecular formula is C24H33N3O6S. The summed E-state index contributed by atoms with van der Waals surface area (Å²) in [5.74, 6) is 0.436. The number of nitrogens with zero attached hydrogens (tertiary/aromatic N) is 2. The molecule has 3 rings (SSSR count). The lowest BCUT2D eigenvalue weighted by Gasteiger charge is -2.29. The van der Waals surface area contributed by atoms with Crippen molar-refractivity contribution >= 4 is 21.6 Å². The predicted molar refractivity (Wildman–Crippen MR) is 131 cm³/mol. The molecule has 34 heavy (non-hydrogen) atoms. The number of anilines is 1. The van der Waals surface area contributed by atoms with Gasteiger partial charge in [-0.1, -0.05) is 24.3 Å². The molecule has 1 fully saturated rings. The van der Waals surface area contributed by atoms with Crippen LogP contribution in [0.25, 0.3) is 0 Å². The molecule has 10 heteroatoms. The molecule has 0 bridgehead atoms. The molecule has 1 amide bonds. The van der Waals surface area contributed by atoms with Crippen LogP contribution in [0.5, 0.6) is 11.5 Å². The lowest BCUT2D eigenvalue weighted by Crippen LogP contribution is -2.47. The van der Waals surface area contributed by atoms with Crippen molar-refractivity contribution in [2.24, 2.45) is 0 Å². The van der Waals surface area contributed by atoms with Gasteiger partial charge in [0.2, 0.25) is 15.9 Å². The molecule has 0 radical (unpaired) electrons. The minimum absolute atomic E-state index is 0.295. The van der Waals surface area contributed by atoms with Crippen LogP contribution in [0.4, 0.5) is 5.69 Å². The lowest BCUT2D eigenvalue weighted by atomic mass is 10.1. The van der Waals surface area contributed by atoms with Crippen molar-refractivity contribution in [1.29, 1.82) is 0 Å². The molecule has 0 aromatic heterocycles. The number of sulfonamides is 1. The van der Waals surface area contributed by atoms with E-state index in [2.05, 4.69) is 22.3 Å². The fraction of sp³-hybridized carbons (Fsp3) is 0.458. The Morgan fingerprint density at radius 2 is 1.76 bits per heavy atom. The van der Waals surface area contributed by atoms with Crippen molar-refractivity contribution in [3.05, 3.63) is 53.6 Å². The van der Waals surface area contributed by atoms with E-state index in [-0.39, 0.29) is 0 Å². The van der Waals surface area contributed by atoms with E-state index in [1.807, 2.05) is 12.1 Å². The zero-order valence-corrected chi connectivity index (χ0v) is 20.9. The van der Waals surface area contributed by atoms with Crippen molar-refractivity contribution in [3.8, 4) is 11.5 Å². The van der Waals surface area contributed by atoms with Gasteiger partial charge in [0.25, 0.3) is 0 Å². The zero-order valence-electron chi connectivity index (χ0n) is 20.1. The summed E-state index contributed by atoms with van der Waals surface area (Å²) in [5, 5.41) is 2.87. The van der Waals surface area contributed by atoms with Crippen LogP contribution in [0, 0.1) is 0 Å². The number of methoxy groups -OCH3 is 2. The highest BCUT2D eigenvalue weighted by Gasteiger charge is 2.29. The summed E-state index contributed by atoms with van der Waals surface area (Å²) in [6.45, 7) is 5.95. The van der Waals surface area contributed by atoms with Gasteiger partial charge in [0, 0.05) is 32.2 Å². The third kappa shape index (κ3) is 6.62. The maximum Gasteiger partial charge on any atom is 0.243 e. The number of hydrogen-bond acceptors (Lipinski definition) is 7. The topological polar surface area (TPSA) is 97.4 Å². The second-order valence-corrected chi connectivity index (χ2v) is 10.1. The van der Waals surface area contributed by atoms with Crippen LogP contribution in [0.1, 0.15) is 18.1 Å². The average molecular weight is 492 g/mol. The third-order valence-corrected chi connectivity index (χ3v) is 6.92. The molecule has 1 aliphatic heterocycles. The van der Waals surface area contributed by atoms with E-state index in [1.54, 1.807) is 25.1 Å². The fourth-order valence-corrected chi connectivity index (χ4v) is 5.13. The van der Waals surface area contributed by atoms with Gasteiger partial charge in [-0.2, -0.15) is 0 Å². The van der Waals surface area contributed by atoms with Crippen LogP contribution >= 0.6 is 0 Å². The van der Waals surface area contributed by atoms with Gasteiger partial charge in [-0.05, 0) is 30.2 Å². The molecule has 1 N–H and O–H groups in total. The molecule has 0 saturated carbocycles. The van der Waals surface area contributed by atoms with Crippen molar-refractivity contribution in [1.82, 2.24) is 10.2 Å². The smallest absolute Gasteiger partial charge is 0.243 e. The van der Waals surface area contributed by atoms with Crippen LogP contribution in [-0.2, 0) is 32.6 Å². The molecule has 186 valence electrons. The van der Waals surface area contributed by atoms with Crippen LogP contribution in [0.2, 0.25) is 0 Å². The molecule has 1 saturated heterocycles. The van der Waals surface area contributed by atoms with Crippen molar-refractivity contribution in [3.63, 3.8) is 0 Å². The third-order valence-electron chi connectivity index (χ3n) is 5.68. The summed E-state index contributed by atoms with van der Waals surface area (Å²) in [6.07, 6.45) is 1.07. The maximum absolute atomic E-state index is 13.0. The maximum atomic E-state index is 13.0. The molecule has 1 aliphatic rings. The Morgan fingerprint density at radius 1 is 1.09 bits per heavy atom. The number of hydrogen-bond donors (Lipinski definition) is 1. The van der Waals surface area contributed by atoms with Gasteiger partial charge in [-0.15, -0.1) is 0 Å². The van der Waals surface area contributed by atoms with E-state index in [4.69, 9.17) is 14.2 Å². The van der Waals surface area contributed by atoms with Gasteiger partial charge >= 0.3 is 0 Å². The number of benzene rings is 2. The van der Waals surface area contributed by atoms with Gasteiger partial charge in [-0.25, -0.2) is 8.42 Å². The monoisotopic (exact) mass is 491 g/mol. The molecule has 0 spiro atoms. The number of carbonyl (C=O) groups is 1. The van der Waals surface area contributed by atoms with E-state index < -0.39 is 22.0 Å². The van der Waals surface area contributed by atoms with E-state index in [1.165, 1.54) is 14.2 Å². The molecule has 9 nitrogen and oxygen atoms in total. The first kappa shape index (κ1) is 25.8. The molecule has 2 aromatic carbocycles. The SMILES string of the molecule is COc1ccc(N([C@@H](C)C(=O)NCc2cccc(CN3CCOCC3)c2)S(C)(=O)=O)cc1OC. The van der Waals surface area contributed by atoms with Crippen LogP contribution in [0.15, 0.2) is 42.5 Å². The quantitative estimate of drug-likeness (QED) is 0.543. The first-order valence-corrected chi connectivity index (χ1v) is 12.9. The second kappa shape index (κ2) is 11.5. The molecule has 0 aliphatic carbocycles. The Morgan fingerprint density at radius 3 is 2.41 bits per heavy atom. The highest BCUT2D eigenvalue weighted by Crippen LogP contribution is 2.33. The number of nitrogens with one attached hydrogen (secondary N) is 1. The highest BCUT2D eigenvalue weighted by molar-refractivity contribution is 7.92. The van der Waals surface area contributed by atoms with Crippen LogP contribution < -0.4 is 19.1 Å². The summed E-state index contributed by atoms with van der Waals surface area (Å²) in [7, 11) is -0.787. The first-order valence-electron chi connectivity index (χ1n) is 11.1. The van der Waals surface area contributed by atoms with Crippen molar-refractivity contribution < 1.29 is 27.4 Å². The lowest BCUT2D eigenvalue weighted by molar-refractivity contribution is -0.122. The summed E-state index contributed by atoms with van der Waals surface area (Å²) in [4.78, 5) is 15.3. The van der Waals surface area contributed by atoms with Gasteiger partial charge in [0.05, 0.1) is 39.4 Å². The normalized spacial score (nSPS) is 15.4. The van der Waals surface area contributed by atoms with Gasteiger partial charge in [0.15, 0.2) is 11.5 Å². The fourth-order valence-electron chi connectivity index (χ4n) is 3.96. The Balaban J connectivity index is 1.70. The Labute approximate surface area is 201 Å². The van der Waals surface area contributed by atoms with Crippen LogP contribution in [-0.4, -0.2) is 72.0 Å². The average Bonchev–Trinajstić information content (AvgIpc) is 2.82. The Hall–Kier alpha value is -2.82. The van der Waals surface area contributed by atoms with Gasteiger partial charge in [-0.3, -0.25) is 14.0 Å². The van der Waals surface area contributed by atoms with Gasteiger partial charge in [0.1, 0.15) is 6.04 Å². The zero-order chi connectivity index (χ0) is 24.7. The minimum atomic E-state index is -3.75.